The lowest BCUT2D eigenvalue weighted by atomic mass is 9.95. The number of nitrogens with one attached hydrogen (secondary N) is 4. The van der Waals surface area contributed by atoms with Crippen molar-refractivity contribution in [2.45, 2.75) is 46.1 Å². The first-order valence-electron chi connectivity index (χ1n) is 14.5. The predicted molar refractivity (Wildman–Crippen MR) is 170 cm³/mol. The van der Waals surface area contributed by atoms with Gasteiger partial charge in [-0.15, -0.1) is 0 Å². The van der Waals surface area contributed by atoms with Gasteiger partial charge in [0, 0.05) is 66.3 Å². The highest BCUT2D eigenvalue weighted by Crippen LogP contribution is 2.28. The Morgan fingerprint density at radius 1 is 0.886 bits per heavy atom. The quantitative estimate of drug-likeness (QED) is 0.204. The van der Waals surface area contributed by atoms with E-state index < -0.39 is 17.5 Å². The van der Waals surface area contributed by atoms with Crippen LogP contribution in [0.15, 0.2) is 67.0 Å². The third-order valence-corrected chi connectivity index (χ3v) is 7.24. The number of aromatic nitrogens is 2. The standard InChI is InChI=1S/C33H36N6O5/c1-20(40)35-23-7-8-26(28(19-23)38-30(41)21-11-15-39(16-12-21)25-9-13-34-14-10-25)31(42)36-24-6-5-22-17-29(37-27(22)18-24)32(43)44-33(2,3)4/h5-10,13-14,17-19,21,37H,11-12,15-16H2,1-4H3,(H,35,40)(H,36,42)(H,38,41). The lowest BCUT2D eigenvalue weighted by molar-refractivity contribution is -0.120. The van der Waals surface area contributed by atoms with E-state index in [1.807, 2.05) is 12.1 Å². The van der Waals surface area contributed by atoms with Crippen molar-refractivity contribution in [2.24, 2.45) is 5.92 Å². The molecule has 1 fully saturated rings. The summed E-state index contributed by atoms with van der Waals surface area (Å²) in [7, 11) is 0. The molecular formula is C33H36N6O5. The van der Waals surface area contributed by atoms with E-state index in [9.17, 15) is 19.2 Å². The molecular weight excluding hydrogens is 560 g/mol. The van der Waals surface area contributed by atoms with Gasteiger partial charge in [-0.05, 0) is 82.1 Å². The van der Waals surface area contributed by atoms with Gasteiger partial charge in [-0.1, -0.05) is 6.07 Å². The Balaban J connectivity index is 1.31. The molecule has 1 aliphatic heterocycles. The molecule has 1 saturated heterocycles. The van der Waals surface area contributed by atoms with Crippen molar-refractivity contribution in [3.8, 4) is 0 Å². The highest BCUT2D eigenvalue weighted by Gasteiger charge is 2.27. The van der Waals surface area contributed by atoms with Crippen LogP contribution in [0.2, 0.25) is 0 Å². The molecule has 1 aliphatic rings. The number of rotatable bonds is 7. The number of anilines is 4. The molecule has 44 heavy (non-hydrogen) atoms. The van der Waals surface area contributed by atoms with Crippen LogP contribution in [-0.4, -0.2) is 52.3 Å². The SMILES string of the molecule is CC(=O)Nc1ccc(C(=O)Nc2ccc3cc(C(=O)OC(C)(C)C)[nH]c3c2)c(NC(=O)C2CCN(c3ccncc3)CC2)c1. The first kappa shape index (κ1) is 30.3. The number of carbonyl (C=O) groups excluding carboxylic acids is 4. The molecule has 0 radical (unpaired) electrons. The number of carbonyl (C=O) groups is 4. The van der Waals surface area contributed by atoms with Crippen LogP contribution in [0, 0.1) is 5.92 Å². The molecule has 0 bridgehead atoms. The molecule has 11 nitrogen and oxygen atoms in total. The lowest BCUT2D eigenvalue weighted by Crippen LogP contribution is -2.38. The molecule has 0 atom stereocenters. The molecule has 3 amide bonds. The minimum absolute atomic E-state index is 0.184. The summed E-state index contributed by atoms with van der Waals surface area (Å²) in [6, 6.07) is 15.6. The van der Waals surface area contributed by atoms with E-state index in [1.165, 1.54) is 6.92 Å². The largest absolute Gasteiger partial charge is 0.455 e. The number of pyridine rings is 1. The van der Waals surface area contributed by atoms with E-state index >= 15 is 0 Å². The molecule has 0 saturated carbocycles. The molecule has 2 aromatic heterocycles. The van der Waals surface area contributed by atoms with Gasteiger partial charge in [0.1, 0.15) is 11.3 Å². The number of fused-ring (bicyclic) bond motifs is 1. The lowest BCUT2D eigenvalue weighted by Gasteiger charge is -2.33. The Hall–Kier alpha value is -5.19. The van der Waals surface area contributed by atoms with Crippen LogP contribution >= 0.6 is 0 Å². The van der Waals surface area contributed by atoms with Gasteiger partial charge in [0.25, 0.3) is 5.91 Å². The second-order valence-electron chi connectivity index (χ2n) is 11.8. The summed E-state index contributed by atoms with van der Waals surface area (Å²) >= 11 is 0. The van der Waals surface area contributed by atoms with E-state index in [0.29, 0.717) is 41.1 Å². The number of nitrogens with zero attached hydrogens (tertiary/aromatic N) is 2. The summed E-state index contributed by atoms with van der Waals surface area (Å²) in [4.78, 5) is 60.4. The summed E-state index contributed by atoms with van der Waals surface area (Å²) in [6.07, 6.45) is 4.81. The van der Waals surface area contributed by atoms with Gasteiger partial charge in [-0.3, -0.25) is 19.4 Å². The van der Waals surface area contributed by atoms with Crippen LogP contribution < -0.4 is 20.9 Å². The smallest absolute Gasteiger partial charge is 0.355 e. The van der Waals surface area contributed by atoms with Crippen molar-refractivity contribution in [2.75, 3.05) is 33.9 Å². The van der Waals surface area contributed by atoms with Crippen LogP contribution in [0.25, 0.3) is 10.9 Å². The van der Waals surface area contributed by atoms with Gasteiger partial charge >= 0.3 is 5.97 Å². The number of H-pyrrole nitrogens is 1. The fourth-order valence-electron chi connectivity index (χ4n) is 5.16. The van der Waals surface area contributed by atoms with Crippen molar-refractivity contribution in [3.05, 3.63) is 78.2 Å². The summed E-state index contributed by atoms with van der Waals surface area (Å²) < 4.78 is 5.45. The van der Waals surface area contributed by atoms with Gasteiger partial charge < -0.3 is 30.6 Å². The van der Waals surface area contributed by atoms with E-state index in [-0.39, 0.29) is 23.3 Å². The summed E-state index contributed by atoms with van der Waals surface area (Å²) in [5.74, 6) is -1.60. The number of benzene rings is 2. The van der Waals surface area contributed by atoms with Gasteiger partial charge in [0.2, 0.25) is 11.8 Å². The summed E-state index contributed by atoms with van der Waals surface area (Å²) in [5.41, 5.74) is 2.88. The average molecular weight is 597 g/mol. The maximum absolute atomic E-state index is 13.5. The molecule has 5 rings (SSSR count). The Bertz CT molecular complexity index is 1700. The molecule has 3 heterocycles. The van der Waals surface area contributed by atoms with Crippen molar-refractivity contribution >= 4 is 57.3 Å². The van der Waals surface area contributed by atoms with Crippen LogP contribution in [0.5, 0.6) is 0 Å². The number of hydrogen-bond acceptors (Lipinski definition) is 7. The van der Waals surface area contributed by atoms with Crippen molar-refractivity contribution in [3.63, 3.8) is 0 Å². The Morgan fingerprint density at radius 3 is 2.25 bits per heavy atom. The topological polar surface area (TPSA) is 146 Å². The van der Waals surface area contributed by atoms with Crippen molar-refractivity contribution < 1.29 is 23.9 Å². The second kappa shape index (κ2) is 12.6. The van der Waals surface area contributed by atoms with Crippen LogP contribution in [0.1, 0.15) is 61.4 Å². The zero-order valence-electron chi connectivity index (χ0n) is 25.2. The molecule has 4 N–H and O–H groups in total. The Morgan fingerprint density at radius 2 is 1.57 bits per heavy atom. The second-order valence-corrected chi connectivity index (χ2v) is 11.8. The summed E-state index contributed by atoms with van der Waals surface area (Å²) in [6.45, 7) is 8.23. The van der Waals surface area contributed by atoms with Crippen molar-refractivity contribution in [1.82, 2.24) is 9.97 Å². The molecule has 0 spiro atoms. The third kappa shape index (κ3) is 7.41. The number of hydrogen-bond donors (Lipinski definition) is 4. The Kier molecular flexibility index (Phi) is 8.66. The fraction of sp³-hybridized carbons (Fsp3) is 0.303. The van der Waals surface area contributed by atoms with Gasteiger partial charge in [0.15, 0.2) is 0 Å². The van der Waals surface area contributed by atoms with Gasteiger partial charge in [0.05, 0.1) is 11.3 Å². The third-order valence-electron chi connectivity index (χ3n) is 7.24. The normalized spacial score (nSPS) is 13.8. The summed E-state index contributed by atoms with van der Waals surface area (Å²) in [5, 5.41) is 9.31. The maximum Gasteiger partial charge on any atom is 0.355 e. The molecule has 0 unspecified atom stereocenters. The zero-order chi connectivity index (χ0) is 31.4. The number of piperidine rings is 1. The molecule has 11 heteroatoms. The number of esters is 1. The van der Waals surface area contributed by atoms with Gasteiger partial charge in [-0.25, -0.2) is 4.79 Å². The zero-order valence-corrected chi connectivity index (χ0v) is 25.2. The van der Waals surface area contributed by atoms with Gasteiger partial charge in [-0.2, -0.15) is 0 Å². The number of ether oxygens (including phenoxy) is 1. The van der Waals surface area contributed by atoms with Crippen molar-refractivity contribution in [1.29, 1.82) is 0 Å². The molecule has 228 valence electrons. The molecule has 4 aromatic rings. The first-order chi connectivity index (χ1) is 20.9. The first-order valence-corrected chi connectivity index (χ1v) is 14.5. The maximum atomic E-state index is 13.5. The highest BCUT2D eigenvalue weighted by atomic mass is 16.6. The average Bonchev–Trinajstić information content (AvgIpc) is 3.40. The predicted octanol–water partition coefficient (Wildman–Crippen LogP) is 5.58. The highest BCUT2D eigenvalue weighted by molar-refractivity contribution is 6.11. The van der Waals surface area contributed by atoms with Crippen LogP contribution in [-0.2, 0) is 14.3 Å². The number of amides is 3. The van der Waals surface area contributed by atoms with E-state index in [2.05, 4.69) is 30.8 Å². The fourth-order valence-corrected chi connectivity index (χ4v) is 5.16. The minimum atomic E-state index is -0.631. The van der Waals surface area contributed by atoms with Crippen LogP contribution in [0.3, 0.4) is 0 Å². The molecule has 2 aromatic carbocycles. The van der Waals surface area contributed by atoms with E-state index in [1.54, 1.807) is 75.6 Å². The Labute approximate surface area is 255 Å². The number of aromatic amines is 1. The molecule has 0 aliphatic carbocycles. The minimum Gasteiger partial charge on any atom is -0.455 e. The monoisotopic (exact) mass is 596 g/mol. The van der Waals surface area contributed by atoms with Crippen LogP contribution in [0.4, 0.5) is 22.7 Å². The van der Waals surface area contributed by atoms with E-state index in [4.69, 9.17) is 4.74 Å². The van der Waals surface area contributed by atoms with E-state index in [0.717, 1.165) is 24.2 Å².